The normalized spacial score (nSPS) is 17.1. The van der Waals surface area contributed by atoms with Gasteiger partial charge in [-0.2, -0.15) is 0 Å². The molecule has 0 heterocycles. The minimum atomic E-state index is -0.851. The van der Waals surface area contributed by atoms with E-state index in [-0.39, 0.29) is 17.4 Å². The van der Waals surface area contributed by atoms with Crippen molar-refractivity contribution in [1.29, 1.82) is 5.41 Å². The van der Waals surface area contributed by atoms with Crippen molar-refractivity contribution in [2.75, 3.05) is 6.54 Å². The smallest absolute Gasteiger partial charge is 0.126 e. The number of nitrogens with one attached hydrogen (secondary N) is 3. The number of hydrogen-bond donors (Lipinski definition) is 4. The van der Waals surface area contributed by atoms with Crippen LogP contribution in [0.3, 0.4) is 0 Å². The van der Waals surface area contributed by atoms with Crippen molar-refractivity contribution >= 4 is 6.21 Å². The largest absolute Gasteiger partial charge is 0.390 e. The lowest BCUT2D eigenvalue weighted by atomic mass is 9.74. The Labute approximate surface area is 228 Å². The van der Waals surface area contributed by atoms with Gasteiger partial charge < -0.3 is 21.1 Å². The predicted octanol–water partition coefficient (Wildman–Crippen LogP) is 7.15. The second kappa shape index (κ2) is 14.5. The summed E-state index contributed by atoms with van der Waals surface area (Å²) in [5.41, 5.74) is 3.32. The summed E-state index contributed by atoms with van der Waals surface area (Å²) >= 11 is 0. The summed E-state index contributed by atoms with van der Waals surface area (Å²) in [6.45, 7) is 12.7. The SMILES string of the molecule is C/C=C(\C=N)NC(Cc1cc(F)cc(F)c1)C(O)CNC1(c2cccc(C(C)(C)C)c2)CCCCC1.CC. The molecule has 0 radical (unpaired) electrons. The summed E-state index contributed by atoms with van der Waals surface area (Å²) in [5.74, 6) is -1.29. The molecule has 0 amide bonds. The molecule has 0 bridgehead atoms. The van der Waals surface area contributed by atoms with Crippen LogP contribution in [0.1, 0.15) is 90.3 Å². The molecular formula is C32H47F2N3O. The molecule has 1 saturated carbocycles. The van der Waals surface area contributed by atoms with Gasteiger partial charge in [0, 0.05) is 30.1 Å². The van der Waals surface area contributed by atoms with Gasteiger partial charge in [-0.3, -0.25) is 0 Å². The zero-order valence-electron chi connectivity index (χ0n) is 24.0. The van der Waals surface area contributed by atoms with Gasteiger partial charge in [-0.25, -0.2) is 8.78 Å². The van der Waals surface area contributed by atoms with Crippen LogP contribution in [0.25, 0.3) is 0 Å². The average molecular weight is 528 g/mol. The minimum Gasteiger partial charge on any atom is -0.390 e. The van der Waals surface area contributed by atoms with Crippen LogP contribution >= 0.6 is 0 Å². The molecule has 38 heavy (non-hydrogen) atoms. The molecule has 210 valence electrons. The fourth-order valence-corrected chi connectivity index (χ4v) is 5.14. The number of benzene rings is 2. The molecule has 4 N–H and O–H groups in total. The van der Waals surface area contributed by atoms with E-state index in [1.807, 2.05) is 13.8 Å². The van der Waals surface area contributed by atoms with Crippen LogP contribution < -0.4 is 10.6 Å². The van der Waals surface area contributed by atoms with Gasteiger partial charge >= 0.3 is 0 Å². The van der Waals surface area contributed by atoms with Gasteiger partial charge in [0.1, 0.15) is 11.6 Å². The molecule has 0 aliphatic heterocycles. The number of rotatable bonds is 10. The van der Waals surface area contributed by atoms with Crippen molar-refractivity contribution in [1.82, 2.24) is 10.6 Å². The molecule has 0 aromatic heterocycles. The second-order valence-corrected chi connectivity index (χ2v) is 11.0. The van der Waals surface area contributed by atoms with E-state index in [9.17, 15) is 13.9 Å². The van der Waals surface area contributed by atoms with E-state index in [1.165, 1.54) is 35.9 Å². The summed E-state index contributed by atoms with van der Waals surface area (Å²) in [5, 5.41) is 25.9. The molecule has 0 saturated heterocycles. The van der Waals surface area contributed by atoms with E-state index in [0.717, 1.165) is 31.7 Å². The summed E-state index contributed by atoms with van der Waals surface area (Å²) in [6, 6.07) is 11.7. The van der Waals surface area contributed by atoms with E-state index < -0.39 is 23.8 Å². The number of aliphatic hydroxyl groups excluding tert-OH is 1. The zero-order chi connectivity index (χ0) is 28.3. The third kappa shape index (κ3) is 8.74. The maximum atomic E-state index is 13.8. The van der Waals surface area contributed by atoms with Crippen LogP contribution in [0, 0.1) is 17.0 Å². The van der Waals surface area contributed by atoms with E-state index in [4.69, 9.17) is 5.41 Å². The van der Waals surface area contributed by atoms with Gasteiger partial charge in [0.15, 0.2) is 0 Å². The summed E-state index contributed by atoms with van der Waals surface area (Å²) in [7, 11) is 0. The van der Waals surface area contributed by atoms with Crippen LogP contribution in [0.15, 0.2) is 54.2 Å². The van der Waals surface area contributed by atoms with Crippen molar-refractivity contribution in [3.05, 3.63) is 82.6 Å². The van der Waals surface area contributed by atoms with Gasteiger partial charge in [-0.05, 0) is 60.4 Å². The van der Waals surface area contributed by atoms with E-state index in [2.05, 4.69) is 55.7 Å². The third-order valence-corrected chi connectivity index (χ3v) is 7.30. The lowest BCUT2D eigenvalue weighted by molar-refractivity contribution is 0.108. The van der Waals surface area contributed by atoms with Crippen molar-refractivity contribution in [3.63, 3.8) is 0 Å². The quantitative estimate of drug-likeness (QED) is 0.248. The maximum absolute atomic E-state index is 13.8. The van der Waals surface area contributed by atoms with Gasteiger partial charge in [-0.1, -0.05) is 84.2 Å². The van der Waals surface area contributed by atoms with Crippen LogP contribution in [0.2, 0.25) is 0 Å². The van der Waals surface area contributed by atoms with Crippen molar-refractivity contribution < 1.29 is 13.9 Å². The third-order valence-electron chi connectivity index (χ3n) is 7.30. The van der Waals surface area contributed by atoms with Gasteiger partial charge in [0.25, 0.3) is 0 Å². The molecule has 1 fully saturated rings. The van der Waals surface area contributed by atoms with Crippen molar-refractivity contribution in [2.45, 2.75) is 103 Å². The van der Waals surface area contributed by atoms with E-state index >= 15 is 0 Å². The molecule has 2 aromatic carbocycles. The molecule has 2 aromatic rings. The lowest BCUT2D eigenvalue weighted by Crippen LogP contribution is -2.52. The van der Waals surface area contributed by atoms with Crippen LogP contribution in [0.4, 0.5) is 8.78 Å². The monoisotopic (exact) mass is 527 g/mol. The first kappa shape index (κ1) is 31.6. The Hall–Kier alpha value is -2.57. The molecule has 2 atom stereocenters. The van der Waals surface area contributed by atoms with Gasteiger partial charge in [0.2, 0.25) is 0 Å². The molecule has 1 aliphatic rings. The Balaban J connectivity index is 0.00000247. The van der Waals surface area contributed by atoms with Crippen LogP contribution in [0.5, 0.6) is 0 Å². The fourth-order valence-electron chi connectivity index (χ4n) is 5.14. The molecule has 0 spiro atoms. The fraction of sp³-hybridized carbons (Fsp3) is 0.531. The Bertz CT molecular complexity index is 1030. The van der Waals surface area contributed by atoms with E-state index in [1.54, 1.807) is 13.0 Å². The number of hydrogen-bond acceptors (Lipinski definition) is 4. The first-order valence-corrected chi connectivity index (χ1v) is 14.0. The first-order valence-electron chi connectivity index (χ1n) is 14.0. The zero-order valence-corrected chi connectivity index (χ0v) is 24.0. The van der Waals surface area contributed by atoms with Crippen molar-refractivity contribution in [2.24, 2.45) is 0 Å². The molecular weight excluding hydrogens is 480 g/mol. The van der Waals surface area contributed by atoms with Gasteiger partial charge in [0.05, 0.1) is 12.1 Å². The average Bonchev–Trinajstić information content (AvgIpc) is 2.90. The lowest BCUT2D eigenvalue weighted by Gasteiger charge is -2.41. The Morgan fingerprint density at radius 2 is 1.68 bits per heavy atom. The maximum Gasteiger partial charge on any atom is 0.126 e. The highest BCUT2D eigenvalue weighted by atomic mass is 19.1. The van der Waals surface area contributed by atoms with Gasteiger partial charge in [-0.15, -0.1) is 0 Å². The Morgan fingerprint density at radius 1 is 1.05 bits per heavy atom. The summed E-state index contributed by atoms with van der Waals surface area (Å²) in [4.78, 5) is 0. The highest BCUT2D eigenvalue weighted by molar-refractivity contribution is 5.74. The highest BCUT2D eigenvalue weighted by Gasteiger charge is 2.35. The topological polar surface area (TPSA) is 68.1 Å². The first-order chi connectivity index (χ1) is 18.1. The van der Waals surface area contributed by atoms with Crippen LogP contribution in [-0.4, -0.2) is 30.0 Å². The minimum absolute atomic E-state index is 0.0380. The molecule has 4 nitrogen and oxygen atoms in total. The number of aliphatic hydroxyl groups is 1. The predicted molar refractivity (Wildman–Crippen MR) is 155 cm³/mol. The summed E-state index contributed by atoms with van der Waals surface area (Å²) in [6.07, 6.45) is 7.69. The Morgan fingerprint density at radius 3 is 2.24 bits per heavy atom. The molecule has 3 rings (SSSR count). The second-order valence-electron chi connectivity index (χ2n) is 11.0. The molecule has 2 unspecified atom stereocenters. The van der Waals surface area contributed by atoms with E-state index in [0.29, 0.717) is 17.8 Å². The van der Waals surface area contributed by atoms with Crippen LogP contribution in [-0.2, 0) is 17.4 Å². The number of allylic oxidation sites excluding steroid dienone is 2. The standard InChI is InChI=1S/C30H41F2N3O.C2H6/c1-5-26(19-33)35-27(16-21-14-24(31)18-25(32)15-21)28(36)20-34-30(12-7-6-8-13-30)23-11-9-10-22(17-23)29(2,3)4;1-2/h5,9-11,14-15,17-19,27-28,33-36H,6-8,12-13,16,20H2,1-4H3;1-2H3/b26-5+,33-19?;. The Kier molecular flexibility index (Phi) is 12.1. The van der Waals surface area contributed by atoms with Crippen molar-refractivity contribution in [3.8, 4) is 0 Å². The highest BCUT2D eigenvalue weighted by Crippen LogP contribution is 2.38. The number of halogens is 2. The molecule has 1 aliphatic carbocycles. The summed E-state index contributed by atoms with van der Waals surface area (Å²) < 4.78 is 27.7. The molecule has 6 heteroatoms.